The maximum absolute atomic E-state index is 11.8. The monoisotopic (exact) mass is 170 g/mol. The molecular weight excluding hydrogens is 152 g/mol. The summed E-state index contributed by atoms with van der Waals surface area (Å²) in [5.41, 5.74) is -0.105. The van der Waals surface area contributed by atoms with E-state index in [1.165, 1.54) is 0 Å². The van der Waals surface area contributed by atoms with Crippen molar-refractivity contribution in [1.82, 2.24) is 0 Å². The van der Waals surface area contributed by atoms with Crippen molar-refractivity contribution in [3.05, 3.63) is 0 Å². The number of ether oxygens (including phenoxy) is 1. The normalized spacial score (nSPS) is 22.7. The molecular formula is C10H18O2. The molecule has 2 nitrogen and oxygen atoms in total. The second-order valence-electron chi connectivity index (χ2n) is 4.19. The lowest BCUT2D eigenvalue weighted by atomic mass is 9.75. The molecule has 0 unspecified atom stereocenters. The number of hydrogen-bond donors (Lipinski definition) is 0. The summed E-state index contributed by atoms with van der Waals surface area (Å²) in [6.07, 6.45) is 1.79. The van der Waals surface area contributed by atoms with E-state index in [4.69, 9.17) is 4.74 Å². The molecule has 1 saturated heterocycles. The average Bonchev–Trinajstić information content (AvgIpc) is 2.04. The van der Waals surface area contributed by atoms with Crippen molar-refractivity contribution in [3.8, 4) is 0 Å². The lowest BCUT2D eigenvalue weighted by Gasteiger charge is -2.33. The Morgan fingerprint density at radius 1 is 1.33 bits per heavy atom. The summed E-state index contributed by atoms with van der Waals surface area (Å²) in [6.45, 7) is 7.51. The van der Waals surface area contributed by atoms with Crippen LogP contribution in [0.4, 0.5) is 0 Å². The van der Waals surface area contributed by atoms with Gasteiger partial charge in [-0.3, -0.25) is 4.79 Å². The number of ketones is 1. The molecule has 1 rings (SSSR count). The quantitative estimate of drug-likeness (QED) is 0.634. The molecule has 70 valence electrons. The van der Waals surface area contributed by atoms with Crippen LogP contribution in [0.25, 0.3) is 0 Å². The molecule has 0 aromatic carbocycles. The highest BCUT2D eigenvalue weighted by Gasteiger charge is 2.35. The Balaban J connectivity index is 2.62. The van der Waals surface area contributed by atoms with Gasteiger partial charge in [-0.25, -0.2) is 0 Å². The first-order chi connectivity index (χ1) is 5.56. The minimum atomic E-state index is -0.105. The molecule has 0 atom stereocenters. The van der Waals surface area contributed by atoms with Crippen LogP contribution in [0.5, 0.6) is 0 Å². The first kappa shape index (κ1) is 9.72. The molecule has 1 aliphatic rings. The van der Waals surface area contributed by atoms with Crippen LogP contribution >= 0.6 is 0 Å². The molecule has 0 aromatic heterocycles. The molecule has 0 saturated carbocycles. The van der Waals surface area contributed by atoms with Crippen molar-refractivity contribution in [3.63, 3.8) is 0 Å². The summed E-state index contributed by atoms with van der Waals surface area (Å²) in [7, 11) is 0. The minimum Gasteiger partial charge on any atom is -0.381 e. The van der Waals surface area contributed by atoms with Crippen LogP contribution < -0.4 is 0 Å². The Bertz CT molecular complexity index is 167. The Kier molecular flexibility index (Phi) is 2.89. The Hall–Kier alpha value is -0.370. The third-order valence-electron chi connectivity index (χ3n) is 2.72. The van der Waals surface area contributed by atoms with E-state index >= 15 is 0 Å². The summed E-state index contributed by atoms with van der Waals surface area (Å²) in [4.78, 5) is 11.8. The summed E-state index contributed by atoms with van der Waals surface area (Å²) in [5, 5.41) is 0. The van der Waals surface area contributed by atoms with Crippen LogP contribution in [0.15, 0.2) is 0 Å². The number of hydrogen-bond acceptors (Lipinski definition) is 2. The van der Waals surface area contributed by atoms with E-state index in [1.807, 2.05) is 13.8 Å². The van der Waals surface area contributed by atoms with Crippen LogP contribution in [-0.4, -0.2) is 19.0 Å². The SMILES string of the molecule is CC(C)C(=O)C1(C)CCOCC1. The van der Waals surface area contributed by atoms with E-state index in [0.717, 1.165) is 26.1 Å². The standard InChI is InChI=1S/C10H18O2/c1-8(2)9(11)10(3)4-6-12-7-5-10/h8H,4-7H2,1-3H3. The molecule has 0 bridgehead atoms. The molecule has 1 heterocycles. The van der Waals surface area contributed by atoms with Gasteiger partial charge in [-0.15, -0.1) is 0 Å². The molecule has 0 aliphatic carbocycles. The van der Waals surface area contributed by atoms with E-state index in [1.54, 1.807) is 0 Å². The molecule has 1 aliphatic heterocycles. The lowest BCUT2D eigenvalue weighted by Crippen LogP contribution is -2.36. The fraction of sp³-hybridized carbons (Fsp3) is 0.900. The van der Waals surface area contributed by atoms with Crippen LogP contribution in [0.1, 0.15) is 33.6 Å². The lowest BCUT2D eigenvalue weighted by molar-refractivity contribution is -0.136. The smallest absolute Gasteiger partial charge is 0.141 e. The van der Waals surface area contributed by atoms with Gasteiger partial charge in [0.15, 0.2) is 0 Å². The summed E-state index contributed by atoms with van der Waals surface area (Å²) >= 11 is 0. The van der Waals surface area contributed by atoms with Gasteiger partial charge in [-0.1, -0.05) is 20.8 Å². The van der Waals surface area contributed by atoms with Gasteiger partial charge < -0.3 is 4.74 Å². The average molecular weight is 170 g/mol. The van der Waals surface area contributed by atoms with Crippen molar-refractivity contribution < 1.29 is 9.53 Å². The van der Waals surface area contributed by atoms with E-state index in [9.17, 15) is 4.79 Å². The van der Waals surface area contributed by atoms with Crippen molar-refractivity contribution in [2.75, 3.05) is 13.2 Å². The van der Waals surface area contributed by atoms with Gasteiger partial charge in [0.1, 0.15) is 5.78 Å². The van der Waals surface area contributed by atoms with Gasteiger partial charge in [-0.05, 0) is 12.8 Å². The van der Waals surface area contributed by atoms with Crippen LogP contribution in [0, 0.1) is 11.3 Å². The zero-order valence-corrected chi connectivity index (χ0v) is 8.22. The third-order valence-corrected chi connectivity index (χ3v) is 2.72. The van der Waals surface area contributed by atoms with Crippen LogP contribution in [-0.2, 0) is 9.53 Å². The fourth-order valence-corrected chi connectivity index (χ4v) is 1.77. The second-order valence-corrected chi connectivity index (χ2v) is 4.19. The van der Waals surface area contributed by atoms with Gasteiger partial charge in [0.25, 0.3) is 0 Å². The Morgan fingerprint density at radius 2 is 1.83 bits per heavy atom. The van der Waals surface area contributed by atoms with Crippen molar-refractivity contribution in [2.24, 2.45) is 11.3 Å². The topological polar surface area (TPSA) is 26.3 Å². The zero-order valence-electron chi connectivity index (χ0n) is 8.22. The van der Waals surface area contributed by atoms with Crippen molar-refractivity contribution in [1.29, 1.82) is 0 Å². The third kappa shape index (κ3) is 1.86. The van der Waals surface area contributed by atoms with Gasteiger partial charge in [-0.2, -0.15) is 0 Å². The first-order valence-corrected chi connectivity index (χ1v) is 4.68. The van der Waals surface area contributed by atoms with Crippen molar-refractivity contribution >= 4 is 5.78 Å². The molecule has 0 spiro atoms. The summed E-state index contributed by atoms with van der Waals surface area (Å²) in [6, 6.07) is 0. The zero-order chi connectivity index (χ0) is 9.19. The number of rotatable bonds is 2. The van der Waals surface area contributed by atoms with E-state index in [-0.39, 0.29) is 11.3 Å². The largest absolute Gasteiger partial charge is 0.381 e. The predicted octanol–water partition coefficient (Wildman–Crippen LogP) is 2.03. The number of Topliss-reactive ketones (excluding diaryl/α,β-unsaturated/α-hetero) is 1. The first-order valence-electron chi connectivity index (χ1n) is 4.68. The highest BCUT2D eigenvalue weighted by Crippen LogP contribution is 2.33. The highest BCUT2D eigenvalue weighted by molar-refractivity contribution is 5.86. The molecule has 2 heteroatoms. The van der Waals surface area contributed by atoms with Crippen LogP contribution in [0.2, 0.25) is 0 Å². The van der Waals surface area contributed by atoms with E-state index < -0.39 is 0 Å². The molecule has 0 radical (unpaired) electrons. The fourth-order valence-electron chi connectivity index (χ4n) is 1.77. The predicted molar refractivity (Wildman–Crippen MR) is 48.0 cm³/mol. The Labute approximate surface area is 74.3 Å². The Morgan fingerprint density at radius 3 is 2.25 bits per heavy atom. The van der Waals surface area contributed by atoms with E-state index in [0.29, 0.717) is 5.78 Å². The van der Waals surface area contributed by atoms with Crippen molar-refractivity contribution in [2.45, 2.75) is 33.6 Å². The molecule has 12 heavy (non-hydrogen) atoms. The summed E-state index contributed by atoms with van der Waals surface area (Å²) < 4.78 is 5.24. The van der Waals surface area contributed by atoms with Gasteiger partial charge >= 0.3 is 0 Å². The number of carbonyl (C=O) groups excluding carboxylic acids is 1. The molecule has 1 fully saturated rings. The van der Waals surface area contributed by atoms with Gasteiger partial charge in [0.05, 0.1) is 0 Å². The van der Waals surface area contributed by atoms with Gasteiger partial charge in [0.2, 0.25) is 0 Å². The van der Waals surface area contributed by atoms with Crippen LogP contribution in [0.3, 0.4) is 0 Å². The maximum Gasteiger partial charge on any atom is 0.141 e. The van der Waals surface area contributed by atoms with E-state index in [2.05, 4.69) is 6.92 Å². The molecule has 0 aromatic rings. The molecule has 0 N–H and O–H groups in total. The minimum absolute atomic E-state index is 0.105. The number of carbonyl (C=O) groups is 1. The molecule has 0 amide bonds. The second kappa shape index (κ2) is 3.56. The highest BCUT2D eigenvalue weighted by atomic mass is 16.5. The van der Waals surface area contributed by atoms with Gasteiger partial charge in [0, 0.05) is 24.5 Å². The summed E-state index contributed by atoms with van der Waals surface area (Å²) in [5.74, 6) is 0.555. The maximum atomic E-state index is 11.8.